The monoisotopic (exact) mass is 547 g/mol. The van der Waals surface area contributed by atoms with Crippen LogP contribution in [0.4, 0.5) is 0 Å². The number of aliphatic imine (C=N–C) groups is 1. The molecule has 0 saturated carbocycles. The average molecular weight is 548 g/mol. The molecule has 0 radical (unpaired) electrons. The van der Waals surface area contributed by atoms with Crippen molar-refractivity contribution in [1.82, 2.24) is 4.68 Å². The lowest BCUT2D eigenvalue weighted by Gasteiger charge is -2.07. The Balaban J connectivity index is 1.40. The zero-order chi connectivity index (χ0) is 28.6. The van der Waals surface area contributed by atoms with Crippen molar-refractivity contribution < 1.29 is 5.11 Å². The van der Waals surface area contributed by atoms with Crippen LogP contribution in [0.25, 0.3) is 34.0 Å². The van der Waals surface area contributed by atoms with Gasteiger partial charge in [0.25, 0.3) is 0 Å². The number of rotatable bonds is 10. The van der Waals surface area contributed by atoms with E-state index in [4.69, 9.17) is 15.2 Å². The van der Waals surface area contributed by atoms with Crippen molar-refractivity contribution in [2.24, 2.45) is 10.1 Å². The summed E-state index contributed by atoms with van der Waals surface area (Å²) in [6, 6.07) is 41.8. The molecule has 0 atom stereocenters. The van der Waals surface area contributed by atoms with Gasteiger partial charge in [-0.1, -0.05) is 127 Å². The Morgan fingerprint density at radius 3 is 1.98 bits per heavy atom. The summed E-state index contributed by atoms with van der Waals surface area (Å²) >= 11 is 0. The third-order valence-electron chi connectivity index (χ3n) is 7.31. The molecule has 2 heterocycles. The summed E-state index contributed by atoms with van der Waals surface area (Å²) in [5, 5.41) is 14.2. The molecule has 5 aromatic rings. The summed E-state index contributed by atoms with van der Waals surface area (Å²) in [4.78, 5) is 5.05. The van der Waals surface area contributed by atoms with E-state index in [0.717, 1.165) is 69.6 Å². The molecule has 1 aliphatic heterocycles. The minimum atomic E-state index is 0.248. The molecule has 6 rings (SSSR count). The maximum atomic E-state index is 9.00. The first kappa shape index (κ1) is 27.1. The van der Waals surface area contributed by atoms with Gasteiger partial charge in [-0.05, 0) is 48.1 Å². The highest BCUT2D eigenvalue weighted by atomic mass is 16.2. The highest BCUT2D eigenvalue weighted by Crippen LogP contribution is 2.31. The topological polar surface area (TPSA) is 49.9 Å². The molecule has 4 nitrogen and oxygen atoms in total. The van der Waals surface area contributed by atoms with Crippen LogP contribution in [-0.4, -0.2) is 27.9 Å². The first-order valence-corrected chi connectivity index (χ1v) is 14.4. The lowest BCUT2D eigenvalue weighted by Crippen LogP contribution is -2.01. The zero-order valence-corrected chi connectivity index (χ0v) is 23.5. The van der Waals surface area contributed by atoms with Gasteiger partial charge in [-0.15, -0.1) is 5.10 Å². The van der Waals surface area contributed by atoms with Crippen molar-refractivity contribution in [2.45, 2.75) is 19.3 Å². The molecule has 1 N–H and O–H groups in total. The van der Waals surface area contributed by atoms with Crippen molar-refractivity contribution in [3.05, 3.63) is 156 Å². The molecule has 42 heavy (non-hydrogen) atoms. The van der Waals surface area contributed by atoms with Crippen molar-refractivity contribution in [3.63, 3.8) is 0 Å². The van der Waals surface area contributed by atoms with E-state index < -0.39 is 0 Å². The number of aliphatic hydroxyl groups is 1. The molecular formula is C38H33N3O. The van der Waals surface area contributed by atoms with Crippen LogP contribution in [0.5, 0.6) is 0 Å². The second kappa shape index (κ2) is 13.1. The number of hydrogen-bond donors (Lipinski definition) is 1. The van der Waals surface area contributed by atoms with E-state index in [9.17, 15) is 0 Å². The quantitative estimate of drug-likeness (QED) is 0.175. The summed E-state index contributed by atoms with van der Waals surface area (Å²) in [7, 11) is 0. The molecule has 0 unspecified atom stereocenters. The molecule has 0 bridgehead atoms. The molecule has 4 heteroatoms. The Kier molecular flexibility index (Phi) is 8.44. The van der Waals surface area contributed by atoms with Gasteiger partial charge in [0.2, 0.25) is 0 Å². The van der Waals surface area contributed by atoms with Gasteiger partial charge >= 0.3 is 0 Å². The van der Waals surface area contributed by atoms with Crippen LogP contribution in [0.2, 0.25) is 0 Å². The van der Waals surface area contributed by atoms with Gasteiger partial charge in [-0.25, -0.2) is 9.67 Å². The van der Waals surface area contributed by atoms with E-state index in [1.807, 2.05) is 35.0 Å². The second-order valence-corrected chi connectivity index (χ2v) is 10.3. The van der Waals surface area contributed by atoms with Gasteiger partial charge < -0.3 is 5.11 Å². The van der Waals surface area contributed by atoms with E-state index in [-0.39, 0.29) is 6.61 Å². The van der Waals surface area contributed by atoms with Crippen LogP contribution in [0.15, 0.2) is 150 Å². The fraction of sp³-hybridized carbons (Fsp3) is 0.105. The minimum absolute atomic E-state index is 0.248. The van der Waals surface area contributed by atoms with Crippen molar-refractivity contribution in [1.29, 1.82) is 0 Å². The summed E-state index contributed by atoms with van der Waals surface area (Å²) in [6.45, 7) is 0.248. The molecule has 0 amide bonds. The summed E-state index contributed by atoms with van der Waals surface area (Å²) in [5.41, 5.74) is 9.50. The van der Waals surface area contributed by atoms with E-state index >= 15 is 0 Å². The summed E-state index contributed by atoms with van der Waals surface area (Å²) in [6.07, 6.45) is 11.3. The maximum Gasteiger partial charge on any atom is 0.181 e. The Hall–Kier alpha value is -5.06. The molecule has 206 valence electrons. The molecular weight excluding hydrogens is 514 g/mol. The predicted molar refractivity (Wildman–Crippen MR) is 176 cm³/mol. The van der Waals surface area contributed by atoms with Gasteiger partial charge in [0.1, 0.15) is 0 Å². The summed E-state index contributed by atoms with van der Waals surface area (Å²) in [5.74, 6) is 0.675. The molecule has 0 spiro atoms. The lowest BCUT2D eigenvalue weighted by atomic mass is 10.0. The molecule has 1 aromatic heterocycles. The van der Waals surface area contributed by atoms with Crippen LogP contribution in [0.1, 0.15) is 36.0 Å². The van der Waals surface area contributed by atoms with E-state index in [1.54, 1.807) is 0 Å². The van der Waals surface area contributed by atoms with Gasteiger partial charge in [-0.3, -0.25) is 0 Å². The zero-order valence-electron chi connectivity index (χ0n) is 23.5. The van der Waals surface area contributed by atoms with E-state index in [2.05, 4.69) is 115 Å². The summed E-state index contributed by atoms with van der Waals surface area (Å²) < 4.78 is 1.96. The molecule has 0 aliphatic carbocycles. The van der Waals surface area contributed by atoms with Crippen molar-refractivity contribution in [3.8, 4) is 22.4 Å². The highest BCUT2D eigenvalue weighted by Gasteiger charge is 2.20. The number of benzene rings is 4. The number of allylic oxidation sites excluding steroid dienone is 2. The Bertz CT molecular complexity index is 1740. The van der Waals surface area contributed by atoms with Crippen LogP contribution in [-0.2, 0) is 0 Å². The van der Waals surface area contributed by atoms with Gasteiger partial charge in [0, 0.05) is 35.1 Å². The van der Waals surface area contributed by atoms with Gasteiger partial charge in [0.15, 0.2) is 5.84 Å². The molecule has 0 fully saturated rings. The predicted octanol–water partition coefficient (Wildman–Crippen LogP) is 8.75. The first-order valence-electron chi connectivity index (χ1n) is 14.4. The number of hydrogen-bond acceptors (Lipinski definition) is 2. The number of aliphatic hydroxyl groups excluding tert-OH is 1. The fourth-order valence-corrected chi connectivity index (χ4v) is 5.07. The third kappa shape index (κ3) is 6.30. The highest BCUT2D eigenvalue weighted by molar-refractivity contribution is 6.37. The Morgan fingerprint density at radius 2 is 1.31 bits per heavy atom. The number of unbranched alkanes of at least 4 members (excludes halogenated alkanes) is 2. The lowest BCUT2D eigenvalue weighted by molar-refractivity contribution is 0.285. The standard InChI is InChI=1S/C38H33N3O/c42-25-13-2-1-6-14-29-21-23-31(24-22-29)35-27-36(32-17-9-4-10-18-32)39-38(35)40-41-28-34(30-15-7-3-8-16-30)26-37(41)33-19-11-5-12-20-33/h3-12,14-24,26-28,42H,1-2,13,25H2/b14-6+,40-38-. The largest absolute Gasteiger partial charge is 0.396 e. The fourth-order valence-electron chi connectivity index (χ4n) is 5.07. The second-order valence-electron chi connectivity index (χ2n) is 10.3. The smallest absolute Gasteiger partial charge is 0.181 e. The van der Waals surface area contributed by atoms with Crippen LogP contribution in [0.3, 0.4) is 0 Å². The average Bonchev–Trinajstić information content (AvgIpc) is 3.68. The number of amidine groups is 1. The van der Waals surface area contributed by atoms with Gasteiger partial charge in [0.05, 0.1) is 11.4 Å². The molecule has 1 aliphatic rings. The number of nitrogens with zero attached hydrogens (tertiary/aromatic N) is 3. The molecule has 0 saturated heterocycles. The van der Waals surface area contributed by atoms with Crippen LogP contribution < -0.4 is 0 Å². The van der Waals surface area contributed by atoms with Crippen molar-refractivity contribution in [2.75, 3.05) is 6.61 Å². The van der Waals surface area contributed by atoms with Crippen LogP contribution >= 0.6 is 0 Å². The maximum absolute atomic E-state index is 9.00. The Labute approximate surface area is 247 Å². The third-order valence-corrected chi connectivity index (χ3v) is 7.31. The van der Waals surface area contributed by atoms with Crippen molar-refractivity contribution >= 4 is 23.2 Å². The molecule has 4 aromatic carbocycles. The SMILES string of the molecule is OCCCC/C=C/c1ccc(C2=CC(c3ccccc3)=N/C2=N\n2cc(-c3ccccc3)cc2-c2ccccc2)cc1. The normalized spacial score (nSPS) is 14.0. The van der Waals surface area contributed by atoms with Crippen LogP contribution in [0, 0.1) is 0 Å². The van der Waals surface area contributed by atoms with E-state index in [0.29, 0.717) is 5.84 Å². The first-order chi connectivity index (χ1) is 20.8. The minimum Gasteiger partial charge on any atom is -0.396 e. The van der Waals surface area contributed by atoms with Gasteiger partial charge in [-0.2, -0.15) is 0 Å². The van der Waals surface area contributed by atoms with E-state index in [1.165, 1.54) is 0 Å². The number of aromatic nitrogens is 1. The Morgan fingerprint density at radius 1 is 0.667 bits per heavy atom.